The van der Waals surface area contributed by atoms with E-state index in [1.807, 2.05) is 11.8 Å². The van der Waals surface area contributed by atoms with Gasteiger partial charge >= 0.3 is 5.82 Å². The van der Waals surface area contributed by atoms with Crippen LogP contribution in [-0.2, 0) is 0 Å². The Bertz CT molecular complexity index is 349. The number of aromatic nitrogens is 1. The summed E-state index contributed by atoms with van der Waals surface area (Å²) in [6.45, 7) is 0. The van der Waals surface area contributed by atoms with Crippen LogP contribution in [0.15, 0.2) is 18.3 Å². The number of nitro groups is 1. The molecular formula is C9H11N3O2S. The molecule has 1 aromatic rings. The van der Waals surface area contributed by atoms with Crippen LogP contribution in [0.1, 0.15) is 6.42 Å². The van der Waals surface area contributed by atoms with E-state index in [0.717, 1.165) is 17.9 Å². The fourth-order valence-corrected chi connectivity index (χ4v) is 2.62. The van der Waals surface area contributed by atoms with E-state index in [9.17, 15) is 10.1 Å². The highest BCUT2D eigenvalue weighted by molar-refractivity contribution is 7.99. The van der Waals surface area contributed by atoms with Crippen molar-refractivity contribution in [2.24, 2.45) is 0 Å². The van der Waals surface area contributed by atoms with Gasteiger partial charge in [-0.05, 0) is 28.1 Å². The quantitative estimate of drug-likeness (QED) is 0.628. The van der Waals surface area contributed by atoms with Crippen LogP contribution in [0.3, 0.4) is 0 Å². The fraction of sp³-hybridized carbons (Fsp3) is 0.444. The van der Waals surface area contributed by atoms with Crippen LogP contribution in [0.25, 0.3) is 0 Å². The maximum absolute atomic E-state index is 10.4. The van der Waals surface area contributed by atoms with E-state index < -0.39 is 4.92 Å². The van der Waals surface area contributed by atoms with Gasteiger partial charge in [-0.15, -0.1) is 0 Å². The Hall–Kier alpha value is -1.30. The van der Waals surface area contributed by atoms with Gasteiger partial charge in [0.15, 0.2) is 6.20 Å². The number of rotatable bonds is 3. The Balaban J connectivity index is 2.00. The van der Waals surface area contributed by atoms with Crippen LogP contribution in [0.2, 0.25) is 0 Å². The third kappa shape index (κ3) is 2.59. The number of nitrogens with zero attached hydrogens (tertiary/aromatic N) is 2. The van der Waals surface area contributed by atoms with Gasteiger partial charge in [-0.25, -0.2) is 0 Å². The second kappa shape index (κ2) is 4.48. The lowest BCUT2D eigenvalue weighted by molar-refractivity contribution is -0.389. The van der Waals surface area contributed by atoms with Crippen LogP contribution in [0.4, 0.5) is 11.5 Å². The van der Waals surface area contributed by atoms with Gasteiger partial charge in [0.05, 0.1) is 5.69 Å². The maximum Gasteiger partial charge on any atom is 0.363 e. The average Bonchev–Trinajstić information content (AvgIpc) is 2.71. The molecule has 1 aliphatic rings. The second-order valence-electron chi connectivity index (χ2n) is 3.37. The molecule has 0 amide bonds. The molecule has 1 N–H and O–H groups in total. The molecule has 80 valence electrons. The predicted octanol–water partition coefficient (Wildman–Crippen LogP) is 1.91. The Morgan fingerprint density at radius 1 is 1.60 bits per heavy atom. The van der Waals surface area contributed by atoms with Crippen molar-refractivity contribution in [1.82, 2.24) is 4.98 Å². The normalized spacial score (nSPS) is 20.1. The summed E-state index contributed by atoms with van der Waals surface area (Å²) in [6.07, 6.45) is 2.66. The number of thioether (sulfide) groups is 1. The lowest BCUT2D eigenvalue weighted by Gasteiger charge is -2.10. The van der Waals surface area contributed by atoms with Gasteiger partial charge in [-0.1, -0.05) is 0 Å². The SMILES string of the molecule is O=[N+]([O-])c1ccc(NC2CCSC2)cn1. The zero-order chi connectivity index (χ0) is 10.7. The van der Waals surface area contributed by atoms with Gasteiger partial charge in [-0.3, -0.25) is 0 Å². The summed E-state index contributed by atoms with van der Waals surface area (Å²) in [5.41, 5.74) is 0.855. The Morgan fingerprint density at radius 2 is 2.47 bits per heavy atom. The van der Waals surface area contributed by atoms with Crippen molar-refractivity contribution in [2.45, 2.75) is 12.5 Å². The maximum atomic E-state index is 10.4. The van der Waals surface area contributed by atoms with Crippen molar-refractivity contribution in [3.8, 4) is 0 Å². The lowest BCUT2D eigenvalue weighted by atomic mass is 10.2. The molecule has 5 nitrogen and oxygen atoms in total. The Kier molecular flexibility index (Phi) is 3.05. The van der Waals surface area contributed by atoms with Gasteiger partial charge < -0.3 is 15.4 Å². The summed E-state index contributed by atoms with van der Waals surface area (Å²) in [5, 5.41) is 13.7. The van der Waals surface area contributed by atoms with E-state index in [1.165, 1.54) is 18.0 Å². The number of anilines is 1. The molecule has 1 aromatic heterocycles. The van der Waals surface area contributed by atoms with Crippen molar-refractivity contribution < 1.29 is 4.92 Å². The van der Waals surface area contributed by atoms with E-state index in [1.54, 1.807) is 6.07 Å². The van der Waals surface area contributed by atoms with Gasteiger partial charge in [-0.2, -0.15) is 11.8 Å². The van der Waals surface area contributed by atoms with E-state index in [2.05, 4.69) is 10.3 Å². The van der Waals surface area contributed by atoms with Gasteiger partial charge in [0.25, 0.3) is 0 Å². The molecular weight excluding hydrogens is 214 g/mol. The highest BCUT2D eigenvalue weighted by atomic mass is 32.2. The number of nitrogens with one attached hydrogen (secondary N) is 1. The van der Waals surface area contributed by atoms with Crippen molar-refractivity contribution in [2.75, 3.05) is 16.8 Å². The summed E-state index contributed by atoms with van der Waals surface area (Å²) in [5.74, 6) is 2.16. The third-order valence-corrected chi connectivity index (χ3v) is 3.40. The van der Waals surface area contributed by atoms with Crippen molar-refractivity contribution in [1.29, 1.82) is 0 Å². The molecule has 2 rings (SSSR count). The second-order valence-corrected chi connectivity index (χ2v) is 4.52. The van der Waals surface area contributed by atoms with E-state index in [4.69, 9.17) is 0 Å². The highest BCUT2D eigenvalue weighted by Gasteiger charge is 2.16. The third-order valence-electron chi connectivity index (χ3n) is 2.24. The monoisotopic (exact) mass is 225 g/mol. The molecule has 1 aliphatic heterocycles. The number of hydrogen-bond donors (Lipinski definition) is 1. The number of hydrogen-bond acceptors (Lipinski definition) is 5. The predicted molar refractivity (Wildman–Crippen MR) is 60.2 cm³/mol. The minimum atomic E-state index is -0.491. The molecule has 0 aliphatic carbocycles. The topological polar surface area (TPSA) is 68.1 Å². The van der Waals surface area contributed by atoms with Crippen molar-refractivity contribution in [3.05, 3.63) is 28.4 Å². The van der Waals surface area contributed by atoms with Crippen LogP contribution >= 0.6 is 11.8 Å². The summed E-state index contributed by atoms with van der Waals surface area (Å²) in [6, 6.07) is 3.59. The molecule has 2 heterocycles. The smallest absolute Gasteiger partial charge is 0.363 e. The average molecular weight is 225 g/mol. The first-order valence-electron chi connectivity index (χ1n) is 4.70. The van der Waals surface area contributed by atoms with Gasteiger partial charge in [0, 0.05) is 17.9 Å². The molecule has 0 aromatic carbocycles. The molecule has 0 radical (unpaired) electrons. The van der Waals surface area contributed by atoms with Crippen molar-refractivity contribution in [3.63, 3.8) is 0 Å². The minimum absolute atomic E-state index is 0.110. The first-order chi connectivity index (χ1) is 7.25. The zero-order valence-electron chi connectivity index (χ0n) is 8.05. The zero-order valence-corrected chi connectivity index (χ0v) is 8.87. The van der Waals surface area contributed by atoms with Gasteiger partial charge in [0.1, 0.15) is 0 Å². The van der Waals surface area contributed by atoms with E-state index in [0.29, 0.717) is 6.04 Å². The molecule has 0 spiro atoms. The Morgan fingerprint density at radius 3 is 3.00 bits per heavy atom. The van der Waals surface area contributed by atoms with E-state index in [-0.39, 0.29) is 5.82 Å². The first kappa shape index (κ1) is 10.2. The summed E-state index contributed by atoms with van der Waals surface area (Å²) < 4.78 is 0. The standard InChI is InChI=1S/C9H11N3O2S/c13-12(14)9-2-1-7(5-10-9)11-8-3-4-15-6-8/h1-2,5,8,11H,3-4,6H2. The first-order valence-corrected chi connectivity index (χ1v) is 5.86. The molecule has 15 heavy (non-hydrogen) atoms. The molecule has 6 heteroatoms. The lowest BCUT2D eigenvalue weighted by Crippen LogP contribution is -2.18. The van der Waals surface area contributed by atoms with Crippen LogP contribution in [0.5, 0.6) is 0 Å². The molecule has 0 saturated carbocycles. The summed E-state index contributed by atoms with van der Waals surface area (Å²) >= 11 is 1.92. The summed E-state index contributed by atoms with van der Waals surface area (Å²) in [4.78, 5) is 13.6. The highest BCUT2D eigenvalue weighted by Crippen LogP contribution is 2.21. The molecule has 1 saturated heterocycles. The summed E-state index contributed by atoms with van der Waals surface area (Å²) in [7, 11) is 0. The molecule has 1 atom stereocenters. The van der Waals surface area contributed by atoms with Crippen LogP contribution < -0.4 is 5.32 Å². The van der Waals surface area contributed by atoms with Crippen molar-refractivity contribution >= 4 is 23.3 Å². The number of pyridine rings is 1. The van der Waals surface area contributed by atoms with E-state index >= 15 is 0 Å². The fourth-order valence-electron chi connectivity index (χ4n) is 1.46. The largest absolute Gasteiger partial charge is 0.378 e. The van der Waals surface area contributed by atoms with Gasteiger partial charge in [0.2, 0.25) is 0 Å². The molecule has 1 fully saturated rings. The molecule has 1 unspecified atom stereocenters. The Labute approximate surface area is 91.4 Å². The van der Waals surface area contributed by atoms with Crippen LogP contribution in [-0.4, -0.2) is 27.5 Å². The van der Waals surface area contributed by atoms with Crippen LogP contribution in [0, 0.1) is 10.1 Å². The molecule has 0 bridgehead atoms. The minimum Gasteiger partial charge on any atom is -0.378 e.